The van der Waals surface area contributed by atoms with Crippen LogP contribution in [0.15, 0.2) is 53.4 Å². The Balaban J connectivity index is 1.39. The highest BCUT2D eigenvalue weighted by molar-refractivity contribution is 7.92. The van der Waals surface area contributed by atoms with Gasteiger partial charge in [0.05, 0.1) is 4.90 Å². The number of anilines is 2. The van der Waals surface area contributed by atoms with E-state index in [0.29, 0.717) is 10.6 Å². The molecule has 0 unspecified atom stereocenters. The fourth-order valence-electron chi connectivity index (χ4n) is 3.64. The van der Waals surface area contributed by atoms with E-state index in [1.807, 2.05) is 36.4 Å². The van der Waals surface area contributed by atoms with Gasteiger partial charge < -0.3 is 4.90 Å². The van der Waals surface area contributed by atoms with E-state index in [2.05, 4.69) is 21.4 Å². The maximum Gasteiger partial charge on any atom is 0.261 e. The number of hydrogen-bond acceptors (Lipinski definition) is 4. The quantitative estimate of drug-likeness (QED) is 0.829. The van der Waals surface area contributed by atoms with Crippen molar-refractivity contribution in [2.45, 2.75) is 37.1 Å². The van der Waals surface area contributed by atoms with Crippen molar-refractivity contribution in [3.63, 3.8) is 0 Å². The normalized spacial score (nSPS) is 18.5. The summed E-state index contributed by atoms with van der Waals surface area (Å²) in [5, 5.41) is 0. The molecule has 0 spiro atoms. The number of aryl methyl sites for hydroxylation is 1. The maximum absolute atomic E-state index is 12.6. The molecule has 0 bridgehead atoms. The molecule has 6 heteroatoms. The molecule has 0 radical (unpaired) electrons. The van der Waals surface area contributed by atoms with Crippen LogP contribution in [0.2, 0.25) is 0 Å². The van der Waals surface area contributed by atoms with Crippen LogP contribution >= 0.6 is 0 Å². The van der Waals surface area contributed by atoms with Crippen molar-refractivity contribution in [2.24, 2.45) is 0 Å². The van der Waals surface area contributed by atoms with Crippen LogP contribution in [-0.2, 0) is 16.4 Å². The molecule has 2 aromatic rings. The zero-order valence-corrected chi connectivity index (χ0v) is 16.6. The van der Waals surface area contributed by atoms with E-state index >= 15 is 0 Å². The number of rotatable bonds is 6. The van der Waals surface area contributed by atoms with Crippen LogP contribution in [0.1, 0.15) is 25.3 Å². The molecule has 144 valence electrons. The van der Waals surface area contributed by atoms with E-state index in [0.717, 1.165) is 49.9 Å². The average molecular weight is 386 g/mol. The first-order valence-electron chi connectivity index (χ1n) is 9.76. The summed E-state index contributed by atoms with van der Waals surface area (Å²) >= 11 is 0. The molecule has 0 atom stereocenters. The third-order valence-corrected chi connectivity index (χ3v) is 6.90. The third-order valence-electron chi connectivity index (χ3n) is 5.50. The van der Waals surface area contributed by atoms with Crippen molar-refractivity contribution in [3.8, 4) is 0 Å². The second kappa shape index (κ2) is 7.52. The molecule has 0 aromatic heterocycles. The Hall–Kier alpha value is -2.05. The highest BCUT2D eigenvalue weighted by Crippen LogP contribution is 2.29. The second-order valence-electron chi connectivity index (χ2n) is 7.40. The van der Waals surface area contributed by atoms with E-state index in [1.165, 1.54) is 12.8 Å². The third kappa shape index (κ3) is 4.28. The van der Waals surface area contributed by atoms with Gasteiger partial charge >= 0.3 is 0 Å². The van der Waals surface area contributed by atoms with Gasteiger partial charge in [0.1, 0.15) is 0 Å². The molecular formula is C21H27N3O2S. The monoisotopic (exact) mass is 385 g/mol. The molecule has 2 fully saturated rings. The number of sulfonamides is 1. The molecule has 1 aliphatic carbocycles. The highest BCUT2D eigenvalue weighted by Gasteiger charge is 2.31. The summed E-state index contributed by atoms with van der Waals surface area (Å²) in [6, 6.07) is 15.6. The van der Waals surface area contributed by atoms with Gasteiger partial charge in [-0.2, -0.15) is 0 Å². The molecular weight excluding hydrogens is 358 g/mol. The molecule has 4 rings (SSSR count). The Morgan fingerprint density at radius 1 is 0.926 bits per heavy atom. The van der Waals surface area contributed by atoms with Crippen LogP contribution < -0.4 is 9.62 Å². The lowest BCUT2D eigenvalue weighted by molar-refractivity contribution is 0.248. The molecule has 1 heterocycles. The first-order valence-corrected chi connectivity index (χ1v) is 11.2. The van der Waals surface area contributed by atoms with Gasteiger partial charge in [0.15, 0.2) is 0 Å². The Labute approximate surface area is 162 Å². The number of hydrogen-bond donors (Lipinski definition) is 1. The first-order chi connectivity index (χ1) is 13.0. The summed E-state index contributed by atoms with van der Waals surface area (Å²) < 4.78 is 27.8. The van der Waals surface area contributed by atoms with E-state index in [-0.39, 0.29) is 0 Å². The van der Waals surface area contributed by atoms with Gasteiger partial charge in [0.2, 0.25) is 0 Å². The lowest BCUT2D eigenvalue weighted by atomic mass is 10.2. The van der Waals surface area contributed by atoms with E-state index in [4.69, 9.17) is 0 Å². The van der Waals surface area contributed by atoms with Gasteiger partial charge in [-0.05, 0) is 61.2 Å². The van der Waals surface area contributed by atoms with Gasteiger partial charge in [-0.25, -0.2) is 8.42 Å². The Bertz CT molecular complexity index is 867. The van der Waals surface area contributed by atoms with Gasteiger partial charge in [-0.15, -0.1) is 0 Å². The second-order valence-corrected chi connectivity index (χ2v) is 9.09. The predicted octanol–water partition coefficient (Wildman–Crippen LogP) is 3.33. The van der Waals surface area contributed by atoms with Gasteiger partial charge in [0.25, 0.3) is 10.0 Å². The minimum Gasteiger partial charge on any atom is -0.369 e. The lowest BCUT2D eigenvalue weighted by Crippen LogP contribution is -2.47. The zero-order valence-electron chi connectivity index (χ0n) is 15.8. The minimum absolute atomic E-state index is 0.292. The topological polar surface area (TPSA) is 52.7 Å². The number of benzene rings is 2. The molecule has 2 aromatic carbocycles. The average Bonchev–Trinajstić information content (AvgIpc) is 3.54. The van der Waals surface area contributed by atoms with Crippen LogP contribution in [-0.4, -0.2) is 45.5 Å². The largest absolute Gasteiger partial charge is 0.369 e. The molecule has 0 amide bonds. The Kier molecular flexibility index (Phi) is 5.10. The molecule has 5 nitrogen and oxygen atoms in total. The summed E-state index contributed by atoms with van der Waals surface area (Å²) in [4.78, 5) is 5.25. The van der Waals surface area contributed by atoms with Crippen LogP contribution in [0.4, 0.5) is 11.4 Å². The van der Waals surface area contributed by atoms with Crippen molar-refractivity contribution in [2.75, 3.05) is 35.8 Å². The summed E-state index contributed by atoms with van der Waals surface area (Å²) in [6.07, 6.45) is 3.61. The summed E-state index contributed by atoms with van der Waals surface area (Å²) in [5.41, 5.74) is 2.87. The minimum atomic E-state index is -3.56. The SMILES string of the molecule is CCc1ccc(S(=O)(=O)Nc2ccc(N3CCN(C4CC4)CC3)cc2)cc1. The fourth-order valence-corrected chi connectivity index (χ4v) is 4.70. The van der Waals surface area contributed by atoms with Crippen molar-refractivity contribution in [3.05, 3.63) is 54.1 Å². The van der Waals surface area contributed by atoms with Crippen molar-refractivity contribution >= 4 is 21.4 Å². The number of nitrogens with zero attached hydrogens (tertiary/aromatic N) is 2. The number of nitrogens with one attached hydrogen (secondary N) is 1. The van der Waals surface area contributed by atoms with Crippen molar-refractivity contribution in [1.29, 1.82) is 0 Å². The number of piperazine rings is 1. The molecule has 27 heavy (non-hydrogen) atoms. The van der Waals surface area contributed by atoms with E-state index < -0.39 is 10.0 Å². The van der Waals surface area contributed by atoms with E-state index in [1.54, 1.807) is 12.1 Å². The fraction of sp³-hybridized carbons (Fsp3) is 0.429. The summed E-state index contributed by atoms with van der Waals surface area (Å²) in [6.45, 7) is 6.35. The van der Waals surface area contributed by atoms with Crippen LogP contribution in [0, 0.1) is 0 Å². The molecule has 1 saturated carbocycles. The lowest BCUT2D eigenvalue weighted by Gasteiger charge is -2.36. The molecule has 1 N–H and O–H groups in total. The van der Waals surface area contributed by atoms with Crippen molar-refractivity contribution < 1.29 is 8.42 Å². The van der Waals surface area contributed by atoms with E-state index in [9.17, 15) is 8.42 Å². The Morgan fingerprint density at radius 2 is 1.56 bits per heavy atom. The van der Waals surface area contributed by atoms with Crippen molar-refractivity contribution in [1.82, 2.24) is 4.90 Å². The smallest absolute Gasteiger partial charge is 0.261 e. The van der Waals surface area contributed by atoms with Crippen LogP contribution in [0.5, 0.6) is 0 Å². The maximum atomic E-state index is 12.6. The standard InChI is InChI=1S/C21H27N3O2S/c1-2-17-3-11-21(12-4-17)27(25,26)22-18-5-7-19(8-6-18)23-13-15-24(16-14-23)20-9-10-20/h3-8,11-12,20,22H,2,9-10,13-16H2,1H3. The van der Waals surface area contributed by atoms with Crippen LogP contribution in [0.25, 0.3) is 0 Å². The molecule has 1 saturated heterocycles. The first kappa shape index (κ1) is 18.3. The summed E-state index contributed by atoms with van der Waals surface area (Å²) in [7, 11) is -3.56. The molecule has 2 aliphatic rings. The zero-order chi connectivity index (χ0) is 18.9. The predicted molar refractivity (Wildman–Crippen MR) is 110 cm³/mol. The van der Waals surface area contributed by atoms with Gasteiger partial charge in [-0.3, -0.25) is 9.62 Å². The van der Waals surface area contributed by atoms with Crippen LogP contribution in [0.3, 0.4) is 0 Å². The Morgan fingerprint density at radius 3 is 2.11 bits per heavy atom. The molecule has 1 aliphatic heterocycles. The highest BCUT2D eigenvalue weighted by atomic mass is 32.2. The van der Waals surface area contributed by atoms with Gasteiger partial charge in [-0.1, -0.05) is 19.1 Å². The summed E-state index contributed by atoms with van der Waals surface area (Å²) in [5.74, 6) is 0. The van der Waals surface area contributed by atoms with Gasteiger partial charge in [0, 0.05) is 43.6 Å².